The topological polar surface area (TPSA) is 81.3 Å². The van der Waals surface area contributed by atoms with Crippen LogP contribution in [0.1, 0.15) is 36.4 Å². The third-order valence-electron chi connectivity index (χ3n) is 3.63. The lowest BCUT2D eigenvalue weighted by Gasteiger charge is -2.17. The van der Waals surface area contributed by atoms with E-state index in [4.69, 9.17) is 14.7 Å². The van der Waals surface area contributed by atoms with Crippen molar-refractivity contribution in [3.05, 3.63) is 35.9 Å². The number of nitrogens with two attached hydrogens (primary N) is 1. The molecule has 3 rings (SSSR count). The number of aryl methyl sites for hydroxylation is 2. The van der Waals surface area contributed by atoms with Crippen LogP contribution in [0.15, 0.2) is 27.3 Å². The standard InChI is InChI=1S/C14H20N4O2/c15-12(10-18-7-1-2-8-18)14-16-13(20-17-14)6-5-11-4-3-9-19-11/h3-4,9,12H,1-2,5-8,10,15H2. The van der Waals surface area contributed by atoms with E-state index in [1.807, 2.05) is 12.1 Å². The van der Waals surface area contributed by atoms with Crippen molar-refractivity contribution in [1.29, 1.82) is 0 Å². The van der Waals surface area contributed by atoms with Gasteiger partial charge in [-0.15, -0.1) is 0 Å². The van der Waals surface area contributed by atoms with Gasteiger partial charge in [0.1, 0.15) is 5.76 Å². The molecule has 1 saturated heterocycles. The minimum absolute atomic E-state index is 0.172. The Bertz CT molecular complexity index is 517. The number of nitrogens with zero attached hydrogens (tertiary/aromatic N) is 3. The second-order valence-corrected chi connectivity index (χ2v) is 5.24. The number of likely N-dealkylation sites (tertiary alicyclic amines) is 1. The molecule has 1 unspecified atom stereocenters. The van der Waals surface area contributed by atoms with Crippen molar-refractivity contribution in [3.63, 3.8) is 0 Å². The summed E-state index contributed by atoms with van der Waals surface area (Å²) in [5, 5.41) is 3.99. The first kappa shape index (κ1) is 13.3. The molecule has 0 bridgehead atoms. The van der Waals surface area contributed by atoms with Crippen molar-refractivity contribution in [3.8, 4) is 0 Å². The minimum Gasteiger partial charge on any atom is -0.469 e. The first-order valence-electron chi connectivity index (χ1n) is 7.14. The maximum absolute atomic E-state index is 6.13. The molecule has 6 nitrogen and oxygen atoms in total. The lowest BCUT2D eigenvalue weighted by atomic mass is 10.2. The van der Waals surface area contributed by atoms with Gasteiger partial charge in [0.25, 0.3) is 0 Å². The predicted octanol–water partition coefficient (Wildman–Crippen LogP) is 1.54. The third-order valence-corrected chi connectivity index (χ3v) is 3.63. The van der Waals surface area contributed by atoms with E-state index in [9.17, 15) is 0 Å². The highest BCUT2D eigenvalue weighted by Gasteiger charge is 2.20. The Labute approximate surface area is 117 Å². The van der Waals surface area contributed by atoms with Gasteiger partial charge in [0, 0.05) is 19.4 Å². The molecule has 1 aliphatic rings. The molecule has 0 amide bonds. The van der Waals surface area contributed by atoms with Gasteiger partial charge >= 0.3 is 0 Å². The third kappa shape index (κ3) is 3.26. The molecule has 2 aromatic heterocycles. The molecule has 108 valence electrons. The fourth-order valence-electron chi connectivity index (χ4n) is 2.53. The molecule has 20 heavy (non-hydrogen) atoms. The van der Waals surface area contributed by atoms with Gasteiger partial charge in [-0.2, -0.15) is 4.98 Å². The molecular formula is C14H20N4O2. The van der Waals surface area contributed by atoms with E-state index in [1.165, 1.54) is 12.8 Å². The van der Waals surface area contributed by atoms with E-state index in [0.717, 1.165) is 31.8 Å². The van der Waals surface area contributed by atoms with Gasteiger partial charge < -0.3 is 19.6 Å². The second-order valence-electron chi connectivity index (χ2n) is 5.24. The molecule has 1 aliphatic heterocycles. The predicted molar refractivity (Wildman–Crippen MR) is 73.0 cm³/mol. The zero-order valence-corrected chi connectivity index (χ0v) is 11.5. The monoisotopic (exact) mass is 276 g/mol. The van der Waals surface area contributed by atoms with Crippen LogP contribution in [0.4, 0.5) is 0 Å². The summed E-state index contributed by atoms with van der Waals surface area (Å²) in [4.78, 5) is 6.73. The van der Waals surface area contributed by atoms with Crippen molar-refractivity contribution in [1.82, 2.24) is 15.0 Å². The van der Waals surface area contributed by atoms with E-state index in [0.29, 0.717) is 18.1 Å². The van der Waals surface area contributed by atoms with Crippen molar-refractivity contribution < 1.29 is 8.94 Å². The van der Waals surface area contributed by atoms with Gasteiger partial charge in [-0.05, 0) is 38.1 Å². The summed E-state index contributed by atoms with van der Waals surface area (Å²) in [5.41, 5.74) is 6.13. The highest BCUT2D eigenvalue weighted by atomic mass is 16.5. The van der Waals surface area contributed by atoms with Crippen LogP contribution in [-0.4, -0.2) is 34.7 Å². The summed E-state index contributed by atoms with van der Waals surface area (Å²) in [5.74, 6) is 2.14. The molecule has 0 spiro atoms. The van der Waals surface area contributed by atoms with Crippen LogP contribution in [0.3, 0.4) is 0 Å². The molecule has 3 heterocycles. The molecule has 0 aromatic carbocycles. The quantitative estimate of drug-likeness (QED) is 0.862. The SMILES string of the molecule is NC(CN1CCCC1)c1noc(CCc2ccco2)n1. The summed E-state index contributed by atoms with van der Waals surface area (Å²) < 4.78 is 10.5. The Morgan fingerprint density at radius 1 is 1.30 bits per heavy atom. The van der Waals surface area contributed by atoms with Crippen LogP contribution < -0.4 is 5.73 Å². The average Bonchev–Trinajstić information content (AvgIpc) is 3.19. The Kier molecular flexibility index (Phi) is 4.13. The smallest absolute Gasteiger partial charge is 0.227 e. The second kappa shape index (κ2) is 6.19. The number of rotatable bonds is 6. The number of hydrogen-bond donors (Lipinski definition) is 1. The van der Waals surface area contributed by atoms with Crippen molar-refractivity contribution in [2.75, 3.05) is 19.6 Å². The molecule has 2 N–H and O–H groups in total. The maximum atomic E-state index is 6.13. The molecule has 2 aromatic rings. The highest BCUT2D eigenvalue weighted by molar-refractivity contribution is 5.01. The average molecular weight is 276 g/mol. The summed E-state index contributed by atoms with van der Waals surface area (Å²) in [6.45, 7) is 3.05. The van der Waals surface area contributed by atoms with E-state index >= 15 is 0 Å². The van der Waals surface area contributed by atoms with E-state index in [1.54, 1.807) is 6.26 Å². The Morgan fingerprint density at radius 3 is 2.90 bits per heavy atom. The van der Waals surface area contributed by atoms with Crippen LogP contribution in [0.25, 0.3) is 0 Å². The van der Waals surface area contributed by atoms with Gasteiger partial charge in [0.2, 0.25) is 5.89 Å². The van der Waals surface area contributed by atoms with Gasteiger partial charge in [-0.1, -0.05) is 5.16 Å². The van der Waals surface area contributed by atoms with Crippen LogP contribution in [0.2, 0.25) is 0 Å². The molecule has 0 aliphatic carbocycles. The van der Waals surface area contributed by atoms with Crippen molar-refractivity contribution in [2.45, 2.75) is 31.7 Å². The van der Waals surface area contributed by atoms with Gasteiger partial charge in [-0.3, -0.25) is 0 Å². The first-order valence-corrected chi connectivity index (χ1v) is 7.14. The number of hydrogen-bond acceptors (Lipinski definition) is 6. The lowest BCUT2D eigenvalue weighted by Crippen LogP contribution is -2.30. The normalized spacial score (nSPS) is 17.6. The fourth-order valence-corrected chi connectivity index (χ4v) is 2.53. The zero-order chi connectivity index (χ0) is 13.8. The summed E-state index contributed by atoms with van der Waals surface area (Å²) in [6.07, 6.45) is 5.62. The number of aromatic nitrogens is 2. The molecule has 1 fully saturated rings. The van der Waals surface area contributed by atoms with Crippen molar-refractivity contribution in [2.24, 2.45) is 5.73 Å². The van der Waals surface area contributed by atoms with Gasteiger partial charge in [0.15, 0.2) is 5.82 Å². The molecule has 0 saturated carbocycles. The van der Waals surface area contributed by atoms with Crippen LogP contribution in [-0.2, 0) is 12.8 Å². The fraction of sp³-hybridized carbons (Fsp3) is 0.571. The minimum atomic E-state index is -0.172. The van der Waals surface area contributed by atoms with E-state index in [-0.39, 0.29) is 6.04 Å². The highest BCUT2D eigenvalue weighted by Crippen LogP contribution is 2.14. The summed E-state index contributed by atoms with van der Waals surface area (Å²) in [6, 6.07) is 3.64. The Balaban J connectivity index is 1.52. The van der Waals surface area contributed by atoms with Crippen LogP contribution in [0.5, 0.6) is 0 Å². The lowest BCUT2D eigenvalue weighted by molar-refractivity contribution is 0.305. The summed E-state index contributed by atoms with van der Waals surface area (Å²) >= 11 is 0. The molecule has 6 heteroatoms. The number of furan rings is 1. The maximum Gasteiger partial charge on any atom is 0.227 e. The molecule has 1 atom stereocenters. The largest absolute Gasteiger partial charge is 0.469 e. The van der Waals surface area contributed by atoms with E-state index < -0.39 is 0 Å². The van der Waals surface area contributed by atoms with E-state index in [2.05, 4.69) is 15.0 Å². The first-order chi connectivity index (χ1) is 9.81. The van der Waals surface area contributed by atoms with Gasteiger partial charge in [0.05, 0.1) is 12.3 Å². The molecule has 0 radical (unpaired) electrons. The Hall–Kier alpha value is -1.66. The van der Waals surface area contributed by atoms with Crippen molar-refractivity contribution >= 4 is 0 Å². The Morgan fingerprint density at radius 2 is 2.15 bits per heavy atom. The zero-order valence-electron chi connectivity index (χ0n) is 11.5. The van der Waals surface area contributed by atoms with Crippen LogP contribution >= 0.6 is 0 Å². The molecular weight excluding hydrogens is 256 g/mol. The van der Waals surface area contributed by atoms with Crippen LogP contribution in [0, 0.1) is 0 Å². The van der Waals surface area contributed by atoms with Gasteiger partial charge in [-0.25, -0.2) is 0 Å². The summed E-state index contributed by atoms with van der Waals surface area (Å²) in [7, 11) is 0.